The van der Waals surface area contributed by atoms with Gasteiger partial charge in [-0.15, -0.1) is 0 Å². The van der Waals surface area contributed by atoms with Crippen molar-refractivity contribution in [3.63, 3.8) is 0 Å². The smallest absolute Gasteiger partial charge is 0.156 e. The maximum absolute atomic E-state index is 12.3. The van der Waals surface area contributed by atoms with Crippen LogP contribution in [0.2, 0.25) is 0 Å². The number of allylic oxidation sites excluding steroid dienone is 5. The van der Waals surface area contributed by atoms with Gasteiger partial charge >= 0.3 is 0 Å². The van der Waals surface area contributed by atoms with Crippen LogP contribution in [0.5, 0.6) is 0 Å². The molecule has 1 saturated carbocycles. The number of Topliss-reactive ketones (excluding diaryl/α,β-unsaturated/α-hetero) is 1. The molecule has 3 atom stereocenters. The first-order chi connectivity index (χ1) is 10.5. The monoisotopic (exact) mass is 298 g/mol. The van der Waals surface area contributed by atoms with E-state index in [2.05, 4.69) is 13.0 Å². The summed E-state index contributed by atoms with van der Waals surface area (Å²) in [5.41, 5.74) is 2.98. The van der Waals surface area contributed by atoms with Crippen molar-refractivity contribution in [1.29, 1.82) is 0 Å². The van der Waals surface area contributed by atoms with Crippen molar-refractivity contribution in [2.75, 3.05) is 6.61 Å². The van der Waals surface area contributed by atoms with Gasteiger partial charge in [0.25, 0.3) is 0 Å². The Hall–Kier alpha value is -1.48. The molecule has 4 aliphatic rings. The van der Waals surface area contributed by atoms with Crippen LogP contribution in [-0.2, 0) is 9.59 Å². The van der Waals surface area contributed by atoms with E-state index in [-0.39, 0.29) is 29.1 Å². The lowest BCUT2D eigenvalue weighted by Crippen LogP contribution is -2.45. The average molecular weight is 298 g/mol. The molecule has 0 spiro atoms. The Bertz CT molecular complexity index is 666. The molecule has 0 unspecified atom stereocenters. The molecule has 0 amide bonds. The van der Waals surface area contributed by atoms with Gasteiger partial charge in [0.2, 0.25) is 0 Å². The van der Waals surface area contributed by atoms with Gasteiger partial charge in [-0.2, -0.15) is 0 Å². The lowest BCUT2D eigenvalue weighted by Gasteiger charge is -2.50. The van der Waals surface area contributed by atoms with Crippen LogP contribution in [0.1, 0.15) is 45.4 Å². The van der Waals surface area contributed by atoms with E-state index in [9.17, 15) is 14.7 Å². The second-order valence-corrected chi connectivity index (χ2v) is 7.49. The number of ketones is 2. The topological polar surface area (TPSA) is 54.4 Å². The van der Waals surface area contributed by atoms with Crippen molar-refractivity contribution < 1.29 is 14.7 Å². The maximum Gasteiger partial charge on any atom is 0.156 e. The van der Waals surface area contributed by atoms with E-state index in [1.54, 1.807) is 6.08 Å². The van der Waals surface area contributed by atoms with Gasteiger partial charge in [0.1, 0.15) is 5.78 Å². The molecule has 0 aliphatic heterocycles. The first kappa shape index (κ1) is 14.1. The second-order valence-electron chi connectivity index (χ2n) is 7.49. The minimum atomic E-state index is -0.308. The van der Waals surface area contributed by atoms with Crippen molar-refractivity contribution in [3.8, 4) is 0 Å². The van der Waals surface area contributed by atoms with Crippen molar-refractivity contribution in [3.05, 3.63) is 34.9 Å². The number of hydrogen-bond donors (Lipinski definition) is 1. The largest absolute Gasteiger partial charge is 0.395 e. The fraction of sp³-hybridized carbons (Fsp3) is 0.579. The fourth-order valence-electron chi connectivity index (χ4n) is 5.23. The highest BCUT2D eigenvalue weighted by atomic mass is 16.3. The van der Waals surface area contributed by atoms with Crippen LogP contribution >= 0.6 is 0 Å². The predicted molar refractivity (Wildman–Crippen MR) is 83.1 cm³/mol. The minimum absolute atomic E-state index is 0.0859. The van der Waals surface area contributed by atoms with Gasteiger partial charge in [-0.3, -0.25) is 9.59 Å². The average Bonchev–Trinajstić information content (AvgIpc) is 2.82. The maximum atomic E-state index is 12.3. The number of aliphatic hydroxyl groups is 1. The van der Waals surface area contributed by atoms with Crippen molar-refractivity contribution in [1.82, 2.24) is 0 Å². The van der Waals surface area contributed by atoms with Crippen molar-refractivity contribution in [2.45, 2.75) is 45.4 Å². The molecule has 0 aromatic carbocycles. The normalized spacial score (nSPS) is 40.3. The van der Waals surface area contributed by atoms with Crippen LogP contribution in [0.3, 0.4) is 0 Å². The molecule has 0 radical (unpaired) electrons. The summed E-state index contributed by atoms with van der Waals surface area (Å²) in [6.45, 7) is 2.18. The van der Waals surface area contributed by atoms with Crippen LogP contribution in [0.25, 0.3) is 0 Å². The Morgan fingerprint density at radius 2 is 2.00 bits per heavy atom. The Morgan fingerprint density at radius 1 is 1.18 bits per heavy atom. The van der Waals surface area contributed by atoms with Crippen molar-refractivity contribution >= 4 is 11.6 Å². The lowest BCUT2D eigenvalue weighted by molar-refractivity contribution is -0.124. The first-order valence-electron chi connectivity index (χ1n) is 8.32. The Kier molecular flexibility index (Phi) is 2.90. The molecular weight excluding hydrogens is 276 g/mol. The van der Waals surface area contributed by atoms with E-state index in [0.29, 0.717) is 18.6 Å². The highest BCUT2D eigenvalue weighted by Gasteiger charge is 2.53. The van der Waals surface area contributed by atoms with Crippen LogP contribution in [0.4, 0.5) is 0 Å². The summed E-state index contributed by atoms with van der Waals surface area (Å²) in [6, 6.07) is 0. The van der Waals surface area contributed by atoms with E-state index < -0.39 is 0 Å². The van der Waals surface area contributed by atoms with E-state index in [0.717, 1.165) is 31.3 Å². The minimum Gasteiger partial charge on any atom is -0.395 e. The molecule has 4 rings (SSSR count). The highest BCUT2D eigenvalue weighted by molar-refractivity contribution is 5.93. The third-order valence-corrected chi connectivity index (χ3v) is 6.64. The van der Waals surface area contributed by atoms with Crippen LogP contribution in [-0.4, -0.2) is 23.3 Å². The summed E-state index contributed by atoms with van der Waals surface area (Å²) >= 11 is 0. The van der Waals surface area contributed by atoms with Gasteiger partial charge in [0, 0.05) is 23.7 Å². The number of carbonyl (C=O) groups excluding carboxylic acids is 2. The number of rotatable bonds is 1. The Balaban J connectivity index is 1.90. The summed E-state index contributed by atoms with van der Waals surface area (Å²) in [7, 11) is 0. The number of carbonyl (C=O) groups is 2. The summed E-state index contributed by atoms with van der Waals surface area (Å²) in [6.07, 6.45) is 10.4. The standard InChI is InChI=1S/C19H22O3/c1-18-8-7-16-14(15(18)4-5-17(18)22)3-2-12-10-13(21)6-9-19(12,16)11-20/h2-3,10,16,20H,4-9,11H2,1H3/t16-,18-,19+/m0/s1. The van der Waals surface area contributed by atoms with Gasteiger partial charge in [-0.25, -0.2) is 0 Å². The van der Waals surface area contributed by atoms with Crippen LogP contribution in [0, 0.1) is 16.7 Å². The second kappa shape index (κ2) is 4.51. The Labute approximate surface area is 130 Å². The molecule has 0 aromatic heterocycles. The zero-order valence-electron chi connectivity index (χ0n) is 13.0. The molecule has 3 heteroatoms. The van der Waals surface area contributed by atoms with Gasteiger partial charge < -0.3 is 5.11 Å². The molecule has 0 heterocycles. The number of fused-ring (bicyclic) bond motifs is 4. The van der Waals surface area contributed by atoms with Gasteiger partial charge in [-0.1, -0.05) is 17.7 Å². The third kappa shape index (κ3) is 1.60. The SMILES string of the molecule is C[C@]12CC[C@H]3C(=C1CCC2=O)C=CC1=CC(=O)CC[C@@]13CO. The summed E-state index contributed by atoms with van der Waals surface area (Å²) in [4.78, 5) is 24.1. The molecule has 1 fully saturated rings. The van der Waals surface area contributed by atoms with E-state index in [1.807, 2.05) is 6.08 Å². The summed E-state index contributed by atoms with van der Waals surface area (Å²) in [5.74, 6) is 0.799. The van der Waals surface area contributed by atoms with Crippen LogP contribution in [0.15, 0.2) is 34.9 Å². The summed E-state index contributed by atoms with van der Waals surface area (Å²) < 4.78 is 0. The quantitative estimate of drug-likeness (QED) is 0.810. The molecular formula is C19H22O3. The third-order valence-electron chi connectivity index (χ3n) is 6.64. The molecule has 116 valence electrons. The fourth-order valence-corrected chi connectivity index (χ4v) is 5.23. The molecule has 22 heavy (non-hydrogen) atoms. The van der Waals surface area contributed by atoms with E-state index in [4.69, 9.17) is 0 Å². The van der Waals surface area contributed by atoms with Gasteiger partial charge in [0.05, 0.1) is 6.61 Å². The summed E-state index contributed by atoms with van der Waals surface area (Å²) in [5, 5.41) is 10.2. The van der Waals surface area contributed by atoms with Gasteiger partial charge in [-0.05, 0) is 55.7 Å². The molecule has 4 aliphatic carbocycles. The Morgan fingerprint density at radius 3 is 2.77 bits per heavy atom. The molecule has 0 saturated heterocycles. The zero-order chi connectivity index (χ0) is 15.5. The van der Waals surface area contributed by atoms with E-state index in [1.165, 1.54) is 11.1 Å². The van der Waals surface area contributed by atoms with E-state index >= 15 is 0 Å². The predicted octanol–water partition coefficient (Wildman–Crippen LogP) is 2.90. The first-order valence-corrected chi connectivity index (χ1v) is 8.32. The number of hydrogen-bond acceptors (Lipinski definition) is 3. The molecule has 1 N–H and O–H groups in total. The number of aliphatic hydroxyl groups excluding tert-OH is 1. The zero-order valence-corrected chi connectivity index (χ0v) is 13.0. The highest BCUT2D eigenvalue weighted by Crippen LogP contribution is 2.59. The molecule has 0 bridgehead atoms. The lowest BCUT2D eigenvalue weighted by atomic mass is 9.54. The molecule has 3 nitrogen and oxygen atoms in total. The molecule has 0 aromatic rings. The van der Waals surface area contributed by atoms with Gasteiger partial charge in [0.15, 0.2) is 5.78 Å². The van der Waals surface area contributed by atoms with Crippen LogP contribution < -0.4 is 0 Å². The van der Waals surface area contributed by atoms with Crippen molar-refractivity contribution in [2.24, 2.45) is 16.7 Å².